The van der Waals surface area contributed by atoms with Crippen molar-refractivity contribution in [1.29, 1.82) is 0 Å². The molecule has 33 heavy (non-hydrogen) atoms. The number of nitrogens with zero attached hydrogens (tertiary/aromatic N) is 4. The second-order valence-electron chi connectivity index (χ2n) is 8.81. The van der Waals surface area contributed by atoms with Gasteiger partial charge in [0.2, 0.25) is 0 Å². The van der Waals surface area contributed by atoms with E-state index in [-0.39, 0.29) is 11.9 Å². The topological polar surface area (TPSA) is 52.5 Å². The molecule has 2 aromatic carbocycles. The third kappa shape index (κ3) is 6.15. The highest BCUT2D eigenvalue weighted by molar-refractivity contribution is 5.52. The number of benzene rings is 2. The SMILES string of the molecule is CCc1nc(C)nc(N2CCN(CC(O)Cc3ccccc3)CC2)c1Cc1cccc(F)c1. The van der Waals surface area contributed by atoms with Crippen molar-refractivity contribution in [3.63, 3.8) is 0 Å². The van der Waals surface area contributed by atoms with Gasteiger partial charge in [-0.05, 0) is 43.0 Å². The van der Waals surface area contributed by atoms with E-state index >= 15 is 0 Å². The minimum atomic E-state index is -0.379. The van der Waals surface area contributed by atoms with Crippen LogP contribution in [0.15, 0.2) is 54.6 Å². The van der Waals surface area contributed by atoms with Gasteiger partial charge in [-0.25, -0.2) is 14.4 Å². The number of aliphatic hydroxyl groups excluding tert-OH is 1. The van der Waals surface area contributed by atoms with Crippen LogP contribution in [0.5, 0.6) is 0 Å². The number of aromatic nitrogens is 2. The average molecular weight is 449 g/mol. The smallest absolute Gasteiger partial charge is 0.136 e. The molecule has 6 heteroatoms. The van der Waals surface area contributed by atoms with Crippen LogP contribution < -0.4 is 4.90 Å². The summed E-state index contributed by atoms with van der Waals surface area (Å²) in [7, 11) is 0. The summed E-state index contributed by atoms with van der Waals surface area (Å²) < 4.78 is 13.8. The zero-order chi connectivity index (χ0) is 23.2. The third-order valence-electron chi connectivity index (χ3n) is 6.24. The van der Waals surface area contributed by atoms with Gasteiger partial charge in [0.1, 0.15) is 17.5 Å². The van der Waals surface area contributed by atoms with Gasteiger partial charge in [0.05, 0.1) is 6.10 Å². The fraction of sp³-hybridized carbons (Fsp3) is 0.407. The predicted octanol–water partition coefficient (Wildman–Crippen LogP) is 3.80. The van der Waals surface area contributed by atoms with Crippen molar-refractivity contribution in [3.05, 3.63) is 88.6 Å². The molecule has 0 saturated carbocycles. The molecule has 2 heterocycles. The number of hydrogen-bond donors (Lipinski definition) is 1. The molecule has 0 radical (unpaired) electrons. The van der Waals surface area contributed by atoms with E-state index in [1.807, 2.05) is 31.2 Å². The van der Waals surface area contributed by atoms with Gasteiger partial charge in [0.15, 0.2) is 0 Å². The maximum Gasteiger partial charge on any atom is 0.136 e. The lowest BCUT2D eigenvalue weighted by molar-refractivity contribution is 0.109. The molecule has 5 nitrogen and oxygen atoms in total. The van der Waals surface area contributed by atoms with Crippen molar-refractivity contribution in [3.8, 4) is 0 Å². The van der Waals surface area contributed by atoms with Crippen molar-refractivity contribution >= 4 is 5.82 Å². The maximum atomic E-state index is 13.8. The Bertz CT molecular complexity index is 1050. The molecule has 1 aliphatic rings. The first-order chi connectivity index (χ1) is 16.0. The summed E-state index contributed by atoms with van der Waals surface area (Å²) in [6.07, 6.45) is 1.72. The molecule has 3 aromatic rings. The Morgan fingerprint density at radius 3 is 2.39 bits per heavy atom. The molecule has 1 saturated heterocycles. The lowest BCUT2D eigenvalue weighted by atomic mass is 10.0. The number of β-amino-alcohol motifs (C(OH)–C–C–N with tert-alkyl or cyclic N) is 1. The van der Waals surface area contributed by atoms with Crippen LogP contribution in [0.2, 0.25) is 0 Å². The number of rotatable bonds is 8. The summed E-state index contributed by atoms with van der Waals surface area (Å²) in [5, 5.41) is 10.6. The molecule has 1 atom stereocenters. The van der Waals surface area contributed by atoms with E-state index in [0.29, 0.717) is 19.4 Å². The Morgan fingerprint density at radius 1 is 0.970 bits per heavy atom. The fourth-order valence-electron chi connectivity index (χ4n) is 4.61. The molecule has 1 fully saturated rings. The number of aryl methyl sites for hydroxylation is 2. The van der Waals surface area contributed by atoms with Crippen LogP contribution in [0.25, 0.3) is 0 Å². The van der Waals surface area contributed by atoms with Crippen molar-refractivity contribution < 1.29 is 9.50 Å². The Morgan fingerprint density at radius 2 is 1.70 bits per heavy atom. The van der Waals surface area contributed by atoms with E-state index in [1.165, 1.54) is 6.07 Å². The first-order valence-corrected chi connectivity index (χ1v) is 11.8. The highest BCUT2D eigenvalue weighted by Crippen LogP contribution is 2.26. The summed E-state index contributed by atoms with van der Waals surface area (Å²) in [5.41, 5.74) is 4.21. The third-order valence-corrected chi connectivity index (χ3v) is 6.24. The highest BCUT2D eigenvalue weighted by Gasteiger charge is 2.24. The number of hydrogen-bond acceptors (Lipinski definition) is 5. The molecule has 0 spiro atoms. The summed E-state index contributed by atoms with van der Waals surface area (Å²) in [4.78, 5) is 14.2. The van der Waals surface area contributed by atoms with E-state index in [2.05, 4.69) is 33.8 Å². The summed E-state index contributed by atoms with van der Waals surface area (Å²) in [6.45, 7) is 8.13. The Hall–Kier alpha value is -2.83. The Labute approximate surface area is 195 Å². The van der Waals surface area contributed by atoms with Gasteiger partial charge < -0.3 is 10.0 Å². The van der Waals surface area contributed by atoms with Gasteiger partial charge in [-0.1, -0.05) is 49.4 Å². The molecule has 1 unspecified atom stereocenters. The number of halogens is 1. The van der Waals surface area contributed by atoms with Crippen molar-refractivity contribution in [1.82, 2.24) is 14.9 Å². The van der Waals surface area contributed by atoms with E-state index in [9.17, 15) is 9.50 Å². The van der Waals surface area contributed by atoms with Crippen LogP contribution in [0.4, 0.5) is 10.2 Å². The second kappa shape index (κ2) is 10.9. The molecular weight excluding hydrogens is 415 g/mol. The van der Waals surface area contributed by atoms with E-state index in [4.69, 9.17) is 4.98 Å². The van der Waals surface area contributed by atoms with Crippen molar-refractivity contribution in [2.75, 3.05) is 37.6 Å². The normalized spacial score (nSPS) is 15.6. The number of aliphatic hydroxyl groups is 1. The Kier molecular flexibility index (Phi) is 7.68. The molecule has 0 amide bonds. The zero-order valence-electron chi connectivity index (χ0n) is 19.5. The summed E-state index contributed by atoms with van der Waals surface area (Å²) in [5.74, 6) is 1.52. The van der Waals surface area contributed by atoms with Crippen LogP contribution >= 0.6 is 0 Å². The first-order valence-electron chi connectivity index (χ1n) is 11.8. The predicted molar refractivity (Wildman–Crippen MR) is 130 cm³/mol. The largest absolute Gasteiger partial charge is 0.391 e. The minimum Gasteiger partial charge on any atom is -0.391 e. The van der Waals surface area contributed by atoms with E-state index in [1.54, 1.807) is 12.1 Å². The molecule has 174 valence electrons. The molecular formula is C27H33FN4O. The van der Waals surface area contributed by atoms with Gasteiger partial charge in [0, 0.05) is 50.4 Å². The van der Waals surface area contributed by atoms with Gasteiger partial charge in [-0.3, -0.25) is 4.90 Å². The van der Waals surface area contributed by atoms with E-state index in [0.717, 1.165) is 66.6 Å². The lowest BCUT2D eigenvalue weighted by Gasteiger charge is -2.37. The van der Waals surface area contributed by atoms with Crippen LogP contribution in [-0.4, -0.2) is 58.8 Å². The first kappa shape index (κ1) is 23.3. The van der Waals surface area contributed by atoms with Crippen LogP contribution in [0, 0.1) is 12.7 Å². The van der Waals surface area contributed by atoms with Gasteiger partial charge >= 0.3 is 0 Å². The number of piperazine rings is 1. The zero-order valence-corrected chi connectivity index (χ0v) is 19.5. The molecule has 0 aliphatic carbocycles. The lowest BCUT2D eigenvalue weighted by Crippen LogP contribution is -2.49. The maximum absolute atomic E-state index is 13.8. The summed E-state index contributed by atoms with van der Waals surface area (Å²) >= 11 is 0. The second-order valence-corrected chi connectivity index (χ2v) is 8.81. The fourth-order valence-corrected chi connectivity index (χ4v) is 4.61. The van der Waals surface area contributed by atoms with Gasteiger partial charge in [-0.15, -0.1) is 0 Å². The van der Waals surface area contributed by atoms with Crippen LogP contribution in [0.1, 0.15) is 35.1 Å². The standard InChI is InChI=1S/C27H33FN4O/c1-3-26-25(18-22-10-7-11-23(28)16-22)27(30-20(2)29-26)32-14-12-31(13-15-32)19-24(33)17-21-8-5-4-6-9-21/h4-11,16,24,33H,3,12-15,17-19H2,1-2H3. The van der Waals surface area contributed by atoms with Crippen LogP contribution in [0.3, 0.4) is 0 Å². The highest BCUT2D eigenvalue weighted by atomic mass is 19.1. The van der Waals surface area contributed by atoms with Gasteiger partial charge in [0.25, 0.3) is 0 Å². The molecule has 1 aliphatic heterocycles. The average Bonchev–Trinajstić information content (AvgIpc) is 2.81. The van der Waals surface area contributed by atoms with E-state index < -0.39 is 0 Å². The summed E-state index contributed by atoms with van der Waals surface area (Å²) in [6, 6.07) is 16.9. The molecule has 1 N–H and O–H groups in total. The molecule has 0 bridgehead atoms. The number of anilines is 1. The molecule has 1 aromatic heterocycles. The molecule has 4 rings (SSSR count). The van der Waals surface area contributed by atoms with Gasteiger partial charge in [-0.2, -0.15) is 0 Å². The van der Waals surface area contributed by atoms with Crippen molar-refractivity contribution in [2.45, 2.75) is 39.2 Å². The minimum absolute atomic E-state index is 0.220. The van der Waals surface area contributed by atoms with Crippen molar-refractivity contribution in [2.24, 2.45) is 0 Å². The quantitative estimate of drug-likeness (QED) is 0.568. The monoisotopic (exact) mass is 448 g/mol. The Balaban J connectivity index is 1.44. The van der Waals surface area contributed by atoms with Crippen LogP contribution in [-0.2, 0) is 19.3 Å².